The molecule has 17 heavy (non-hydrogen) atoms. The summed E-state index contributed by atoms with van der Waals surface area (Å²) in [6, 6.07) is 3.60. The molecule has 0 radical (unpaired) electrons. The number of hydrogen-bond donors (Lipinski definition) is 1. The highest BCUT2D eigenvalue weighted by Crippen LogP contribution is 2.25. The summed E-state index contributed by atoms with van der Waals surface area (Å²) in [6.45, 7) is 3.99. The molecular formula is C13H14N2O2. The van der Waals surface area contributed by atoms with Gasteiger partial charge in [-0.1, -0.05) is 0 Å². The van der Waals surface area contributed by atoms with Crippen LogP contribution in [0.25, 0.3) is 11.3 Å². The topological polar surface area (TPSA) is 55.0 Å². The standard InChI is InChI=1S/C13H14N2O2/c1-8-6-14-7-9(2)12(8)10-4-5-11(15-10)13(16)17-3/h4-7,15H,1-3H3. The second kappa shape index (κ2) is 4.41. The number of aryl methyl sites for hydroxylation is 2. The fourth-order valence-electron chi connectivity index (χ4n) is 1.90. The molecular weight excluding hydrogens is 216 g/mol. The van der Waals surface area contributed by atoms with Gasteiger partial charge in [0.1, 0.15) is 5.69 Å². The largest absolute Gasteiger partial charge is 0.464 e. The van der Waals surface area contributed by atoms with Crippen molar-refractivity contribution in [3.8, 4) is 11.3 Å². The van der Waals surface area contributed by atoms with Crippen molar-refractivity contribution in [2.45, 2.75) is 13.8 Å². The number of pyridine rings is 1. The lowest BCUT2D eigenvalue weighted by molar-refractivity contribution is 0.0595. The van der Waals surface area contributed by atoms with E-state index in [0.29, 0.717) is 5.69 Å². The van der Waals surface area contributed by atoms with E-state index in [-0.39, 0.29) is 5.97 Å². The number of aromatic amines is 1. The number of rotatable bonds is 2. The Balaban J connectivity index is 2.47. The zero-order chi connectivity index (χ0) is 12.4. The summed E-state index contributed by atoms with van der Waals surface area (Å²) in [5.41, 5.74) is 4.59. The van der Waals surface area contributed by atoms with Gasteiger partial charge in [-0.15, -0.1) is 0 Å². The number of nitrogens with zero attached hydrogens (tertiary/aromatic N) is 1. The third-order valence-corrected chi connectivity index (χ3v) is 2.69. The van der Waals surface area contributed by atoms with Gasteiger partial charge in [-0.05, 0) is 37.1 Å². The molecule has 0 spiro atoms. The van der Waals surface area contributed by atoms with Crippen LogP contribution in [-0.4, -0.2) is 23.0 Å². The second-order valence-electron chi connectivity index (χ2n) is 3.93. The highest BCUT2D eigenvalue weighted by Gasteiger charge is 2.12. The predicted molar refractivity (Wildman–Crippen MR) is 64.8 cm³/mol. The molecule has 0 fully saturated rings. The summed E-state index contributed by atoms with van der Waals surface area (Å²) >= 11 is 0. The normalized spacial score (nSPS) is 10.3. The van der Waals surface area contributed by atoms with Crippen LogP contribution in [0, 0.1) is 13.8 Å². The number of carbonyl (C=O) groups is 1. The number of ether oxygens (including phenoxy) is 1. The Morgan fingerprint density at radius 3 is 2.47 bits per heavy atom. The lowest BCUT2D eigenvalue weighted by atomic mass is 10.0. The van der Waals surface area contributed by atoms with Crippen molar-refractivity contribution >= 4 is 5.97 Å². The van der Waals surface area contributed by atoms with Crippen molar-refractivity contribution in [2.75, 3.05) is 7.11 Å². The molecule has 0 aliphatic heterocycles. The molecule has 0 aliphatic rings. The van der Waals surface area contributed by atoms with Gasteiger partial charge in [0.15, 0.2) is 0 Å². The molecule has 0 aromatic carbocycles. The highest BCUT2D eigenvalue weighted by atomic mass is 16.5. The summed E-state index contributed by atoms with van der Waals surface area (Å²) in [7, 11) is 1.37. The average molecular weight is 230 g/mol. The molecule has 0 amide bonds. The Hall–Kier alpha value is -2.10. The molecule has 0 bridgehead atoms. The smallest absolute Gasteiger partial charge is 0.354 e. The van der Waals surface area contributed by atoms with Crippen LogP contribution in [0.3, 0.4) is 0 Å². The maximum absolute atomic E-state index is 11.4. The van der Waals surface area contributed by atoms with E-state index in [0.717, 1.165) is 22.4 Å². The third kappa shape index (κ3) is 2.06. The summed E-state index contributed by atoms with van der Waals surface area (Å²) < 4.78 is 4.66. The molecule has 1 N–H and O–H groups in total. The summed E-state index contributed by atoms with van der Waals surface area (Å²) in [4.78, 5) is 18.5. The van der Waals surface area contributed by atoms with Crippen LogP contribution in [0.2, 0.25) is 0 Å². The minimum Gasteiger partial charge on any atom is -0.464 e. The van der Waals surface area contributed by atoms with E-state index in [4.69, 9.17) is 0 Å². The molecule has 2 heterocycles. The quantitative estimate of drug-likeness (QED) is 0.806. The SMILES string of the molecule is COC(=O)c1ccc(-c2c(C)cncc2C)[nH]1. The fraction of sp³-hybridized carbons (Fsp3) is 0.231. The van der Waals surface area contributed by atoms with E-state index in [1.807, 2.05) is 19.9 Å². The van der Waals surface area contributed by atoms with E-state index in [9.17, 15) is 4.79 Å². The van der Waals surface area contributed by atoms with Crippen LogP contribution in [0.1, 0.15) is 21.6 Å². The van der Waals surface area contributed by atoms with E-state index in [1.165, 1.54) is 7.11 Å². The van der Waals surface area contributed by atoms with Crippen molar-refractivity contribution in [3.05, 3.63) is 41.3 Å². The van der Waals surface area contributed by atoms with Crippen molar-refractivity contribution in [2.24, 2.45) is 0 Å². The van der Waals surface area contributed by atoms with E-state index < -0.39 is 0 Å². The number of H-pyrrole nitrogens is 1. The van der Waals surface area contributed by atoms with Crippen molar-refractivity contribution in [1.29, 1.82) is 0 Å². The van der Waals surface area contributed by atoms with Crippen LogP contribution >= 0.6 is 0 Å². The molecule has 0 saturated heterocycles. The predicted octanol–water partition coefficient (Wildman–Crippen LogP) is 2.48. The minimum atomic E-state index is -0.361. The molecule has 0 unspecified atom stereocenters. The van der Waals surface area contributed by atoms with Gasteiger partial charge in [0.25, 0.3) is 0 Å². The van der Waals surface area contributed by atoms with Gasteiger partial charge in [0.2, 0.25) is 0 Å². The van der Waals surface area contributed by atoms with Crippen LogP contribution in [-0.2, 0) is 4.74 Å². The lowest BCUT2D eigenvalue weighted by Gasteiger charge is -2.06. The zero-order valence-electron chi connectivity index (χ0n) is 10.1. The van der Waals surface area contributed by atoms with Gasteiger partial charge in [-0.2, -0.15) is 0 Å². The maximum Gasteiger partial charge on any atom is 0.354 e. The fourth-order valence-corrected chi connectivity index (χ4v) is 1.90. The minimum absolute atomic E-state index is 0.361. The molecule has 0 aliphatic carbocycles. The molecule has 0 atom stereocenters. The van der Waals surface area contributed by atoms with Gasteiger partial charge in [0.05, 0.1) is 7.11 Å². The molecule has 2 aromatic rings. The van der Waals surface area contributed by atoms with E-state index in [2.05, 4.69) is 14.7 Å². The van der Waals surface area contributed by atoms with Crippen LogP contribution in [0.15, 0.2) is 24.5 Å². The van der Waals surface area contributed by atoms with E-state index >= 15 is 0 Å². The third-order valence-electron chi connectivity index (χ3n) is 2.69. The molecule has 88 valence electrons. The number of methoxy groups -OCH3 is 1. The average Bonchev–Trinajstić information content (AvgIpc) is 2.77. The molecule has 4 nitrogen and oxygen atoms in total. The lowest BCUT2D eigenvalue weighted by Crippen LogP contribution is -2.01. The molecule has 0 saturated carbocycles. The first-order valence-corrected chi connectivity index (χ1v) is 5.32. The number of esters is 1. The summed E-state index contributed by atoms with van der Waals surface area (Å²) in [6.07, 6.45) is 3.61. The van der Waals surface area contributed by atoms with Gasteiger partial charge in [-0.3, -0.25) is 4.98 Å². The Labute approximate surface area is 99.7 Å². The molecule has 2 aromatic heterocycles. The highest BCUT2D eigenvalue weighted by molar-refractivity contribution is 5.88. The van der Waals surface area contributed by atoms with Crippen LogP contribution < -0.4 is 0 Å². The Kier molecular flexibility index (Phi) is 2.95. The first-order valence-electron chi connectivity index (χ1n) is 5.32. The molecule has 2 rings (SSSR count). The monoisotopic (exact) mass is 230 g/mol. The first kappa shape index (κ1) is 11.4. The Morgan fingerprint density at radius 2 is 1.88 bits per heavy atom. The van der Waals surface area contributed by atoms with Crippen molar-refractivity contribution < 1.29 is 9.53 Å². The number of aromatic nitrogens is 2. The number of hydrogen-bond acceptors (Lipinski definition) is 3. The van der Waals surface area contributed by atoms with Gasteiger partial charge in [-0.25, -0.2) is 4.79 Å². The summed E-state index contributed by atoms with van der Waals surface area (Å²) in [5.74, 6) is -0.361. The number of nitrogens with one attached hydrogen (secondary N) is 1. The maximum atomic E-state index is 11.4. The Bertz CT molecular complexity index is 538. The van der Waals surface area contributed by atoms with Gasteiger partial charge >= 0.3 is 5.97 Å². The van der Waals surface area contributed by atoms with Gasteiger partial charge < -0.3 is 9.72 Å². The van der Waals surface area contributed by atoms with Crippen molar-refractivity contribution in [3.63, 3.8) is 0 Å². The van der Waals surface area contributed by atoms with Crippen LogP contribution in [0.4, 0.5) is 0 Å². The first-order chi connectivity index (χ1) is 8.13. The Morgan fingerprint density at radius 1 is 1.24 bits per heavy atom. The van der Waals surface area contributed by atoms with Crippen molar-refractivity contribution in [1.82, 2.24) is 9.97 Å². The van der Waals surface area contributed by atoms with E-state index in [1.54, 1.807) is 18.5 Å². The van der Waals surface area contributed by atoms with Gasteiger partial charge in [0, 0.05) is 23.7 Å². The second-order valence-corrected chi connectivity index (χ2v) is 3.93. The molecule has 4 heteroatoms. The number of carbonyl (C=O) groups excluding carboxylic acids is 1. The zero-order valence-corrected chi connectivity index (χ0v) is 10.1. The summed E-state index contributed by atoms with van der Waals surface area (Å²) in [5, 5.41) is 0. The van der Waals surface area contributed by atoms with Crippen LogP contribution in [0.5, 0.6) is 0 Å².